The number of hydrogen-bond donors (Lipinski definition) is 1. The van der Waals surface area contributed by atoms with Gasteiger partial charge in [0, 0.05) is 32.4 Å². The molecule has 0 amide bonds. The molecule has 0 bridgehead atoms. The van der Waals surface area contributed by atoms with E-state index in [1.807, 2.05) is 13.0 Å². The first-order valence-corrected chi connectivity index (χ1v) is 6.97. The fraction of sp³-hybridized carbons (Fsp3) is 0.600. The Balaban J connectivity index is 2.34. The summed E-state index contributed by atoms with van der Waals surface area (Å²) >= 11 is 0. The second-order valence-corrected chi connectivity index (χ2v) is 4.32. The summed E-state index contributed by atoms with van der Waals surface area (Å²) in [7, 11) is 1.66. The minimum Gasteiger partial charge on any atom is -0.488 e. The standard InChI is InChI=1S/C15H24FNO3/c1-3-17-12-13-6-4-7-14(16)15(13)20-11-10-19-9-5-8-18-2/h4,6-7,17H,3,5,8-12H2,1-2H3. The minimum atomic E-state index is -0.334. The van der Waals surface area contributed by atoms with E-state index in [9.17, 15) is 4.39 Å². The molecule has 1 aromatic carbocycles. The van der Waals surface area contributed by atoms with Gasteiger partial charge in [0.2, 0.25) is 0 Å². The zero-order chi connectivity index (χ0) is 14.6. The number of ether oxygens (including phenoxy) is 3. The molecule has 4 nitrogen and oxygen atoms in total. The highest BCUT2D eigenvalue weighted by Gasteiger charge is 2.09. The zero-order valence-electron chi connectivity index (χ0n) is 12.3. The van der Waals surface area contributed by atoms with Crippen LogP contribution in [0.2, 0.25) is 0 Å². The molecular weight excluding hydrogens is 261 g/mol. The fourth-order valence-electron chi connectivity index (χ4n) is 1.72. The minimum absolute atomic E-state index is 0.314. The maximum Gasteiger partial charge on any atom is 0.165 e. The number of halogens is 1. The Labute approximate surface area is 120 Å². The van der Waals surface area contributed by atoms with Crippen molar-refractivity contribution in [2.45, 2.75) is 19.9 Å². The van der Waals surface area contributed by atoms with Gasteiger partial charge in [0.05, 0.1) is 6.61 Å². The lowest BCUT2D eigenvalue weighted by atomic mass is 10.2. The van der Waals surface area contributed by atoms with Gasteiger partial charge >= 0.3 is 0 Å². The number of nitrogens with one attached hydrogen (secondary N) is 1. The molecule has 20 heavy (non-hydrogen) atoms. The summed E-state index contributed by atoms with van der Waals surface area (Å²) in [5.74, 6) is -0.0197. The van der Waals surface area contributed by atoms with Crippen LogP contribution in [0.3, 0.4) is 0 Å². The first-order valence-electron chi connectivity index (χ1n) is 6.97. The number of para-hydroxylation sites is 1. The van der Waals surface area contributed by atoms with Gasteiger partial charge in [0.15, 0.2) is 11.6 Å². The molecule has 1 aromatic rings. The van der Waals surface area contributed by atoms with Crippen LogP contribution in [-0.4, -0.2) is 40.1 Å². The fourth-order valence-corrected chi connectivity index (χ4v) is 1.72. The van der Waals surface area contributed by atoms with Crippen LogP contribution in [-0.2, 0) is 16.0 Å². The molecule has 0 fully saturated rings. The molecule has 0 aromatic heterocycles. The summed E-state index contributed by atoms with van der Waals surface area (Å²) in [6, 6.07) is 4.96. The molecule has 1 rings (SSSR count). The first kappa shape index (κ1) is 16.9. The SMILES string of the molecule is CCNCc1cccc(F)c1OCCOCCCOC. The van der Waals surface area contributed by atoms with E-state index in [1.54, 1.807) is 13.2 Å². The molecule has 0 atom stereocenters. The summed E-state index contributed by atoms with van der Waals surface area (Å²) in [4.78, 5) is 0. The van der Waals surface area contributed by atoms with E-state index in [0.717, 1.165) is 18.5 Å². The third-order valence-corrected chi connectivity index (χ3v) is 2.73. The first-order chi connectivity index (χ1) is 9.79. The molecule has 0 heterocycles. The maximum absolute atomic E-state index is 13.7. The molecule has 0 saturated heterocycles. The van der Waals surface area contributed by atoms with E-state index in [-0.39, 0.29) is 5.82 Å². The van der Waals surface area contributed by atoms with Gasteiger partial charge < -0.3 is 19.5 Å². The lowest BCUT2D eigenvalue weighted by Gasteiger charge is -2.13. The van der Waals surface area contributed by atoms with Crippen LogP contribution in [0, 0.1) is 5.82 Å². The smallest absolute Gasteiger partial charge is 0.165 e. The molecule has 0 aliphatic carbocycles. The monoisotopic (exact) mass is 285 g/mol. The van der Waals surface area contributed by atoms with Crippen LogP contribution in [0.4, 0.5) is 4.39 Å². The normalized spacial score (nSPS) is 10.8. The molecule has 114 valence electrons. The molecule has 0 spiro atoms. The van der Waals surface area contributed by atoms with Crippen molar-refractivity contribution in [1.29, 1.82) is 0 Å². The topological polar surface area (TPSA) is 39.7 Å². The molecule has 0 saturated carbocycles. The summed E-state index contributed by atoms with van der Waals surface area (Å²) in [6.45, 7) is 5.52. The molecule has 5 heteroatoms. The van der Waals surface area contributed by atoms with Crippen LogP contribution in [0.15, 0.2) is 18.2 Å². The van der Waals surface area contributed by atoms with Crippen molar-refractivity contribution in [3.63, 3.8) is 0 Å². The third kappa shape index (κ3) is 6.32. The van der Waals surface area contributed by atoms with E-state index in [4.69, 9.17) is 14.2 Å². The molecule has 0 aliphatic heterocycles. The average molecular weight is 285 g/mol. The van der Waals surface area contributed by atoms with Crippen LogP contribution in [0.5, 0.6) is 5.75 Å². The van der Waals surface area contributed by atoms with Gasteiger partial charge in [-0.1, -0.05) is 19.1 Å². The van der Waals surface area contributed by atoms with Crippen LogP contribution >= 0.6 is 0 Å². The van der Waals surface area contributed by atoms with E-state index < -0.39 is 0 Å². The van der Waals surface area contributed by atoms with Crippen molar-refractivity contribution in [2.24, 2.45) is 0 Å². The Bertz CT molecular complexity index is 374. The number of benzene rings is 1. The number of rotatable bonds is 11. The maximum atomic E-state index is 13.7. The highest BCUT2D eigenvalue weighted by Crippen LogP contribution is 2.22. The predicted octanol–water partition coefficient (Wildman–Crippen LogP) is 2.37. The molecule has 1 N–H and O–H groups in total. The van der Waals surface area contributed by atoms with Gasteiger partial charge in [-0.2, -0.15) is 0 Å². The van der Waals surface area contributed by atoms with Gasteiger partial charge in [0.1, 0.15) is 6.61 Å². The number of methoxy groups -OCH3 is 1. The predicted molar refractivity (Wildman–Crippen MR) is 76.6 cm³/mol. The molecule has 0 unspecified atom stereocenters. The molecule has 0 radical (unpaired) electrons. The van der Waals surface area contributed by atoms with Gasteiger partial charge in [-0.25, -0.2) is 4.39 Å². The molecule has 0 aliphatic rings. The Morgan fingerprint density at radius 2 is 2.00 bits per heavy atom. The van der Waals surface area contributed by atoms with Gasteiger partial charge in [0.25, 0.3) is 0 Å². The van der Waals surface area contributed by atoms with Crippen molar-refractivity contribution >= 4 is 0 Å². The average Bonchev–Trinajstić information content (AvgIpc) is 2.46. The summed E-state index contributed by atoms with van der Waals surface area (Å²) in [5.41, 5.74) is 0.825. The van der Waals surface area contributed by atoms with Gasteiger partial charge in [-0.05, 0) is 19.0 Å². The third-order valence-electron chi connectivity index (χ3n) is 2.73. The van der Waals surface area contributed by atoms with E-state index in [1.165, 1.54) is 6.07 Å². The second-order valence-electron chi connectivity index (χ2n) is 4.32. The van der Waals surface area contributed by atoms with Crippen molar-refractivity contribution in [3.8, 4) is 5.75 Å². The van der Waals surface area contributed by atoms with Crippen molar-refractivity contribution in [3.05, 3.63) is 29.6 Å². The second kappa shape index (κ2) is 10.6. The zero-order valence-corrected chi connectivity index (χ0v) is 12.3. The lowest BCUT2D eigenvalue weighted by Crippen LogP contribution is -2.15. The van der Waals surface area contributed by atoms with Crippen molar-refractivity contribution < 1.29 is 18.6 Å². The summed E-state index contributed by atoms with van der Waals surface area (Å²) < 4.78 is 29.5. The Morgan fingerprint density at radius 3 is 2.75 bits per heavy atom. The van der Waals surface area contributed by atoms with Gasteiger partial charge in [-0.3, -0.25) is 0 Å². The lowest BCUT2D eigenvalue weighted by molar-refractivity contribution is 0.0794. The summed E-state index contributed by atoms with van der Waals surface area (Å²) in [5, 5.41) is 3.17. The van der Waals surface area contributed by atoms with E-state index in [0.29, 0.717) is 38.7 Å². The largest absolute Gasteiger partial charge is 0.488 e. The Morgan fingerprint density at radius 1 is 1.15 bits per heavy atom. The van der Waals surface area contributed by atoms with E-state index in [2.05, 4.69) is 5.32 Å². The van der Waals surface area contributed by atoms with Crippen LogP contribution < -0.4 is 10.1 Å². The van der Waals surface area contributed by atoms with Crippen molar-refractivity contribution in [1.82, 2.24) is 5.32 Å². The van der Waals surface area contributed by atoms with Crippen LogP contribution in [0.25, 0.3) is 0 Å². The van der Waals surface area contributed by atoms with Crippen LogP contribution in [0.1, 0.15) is 18.9 Å². The highest BCUT2D eigenvalue weighted by molar-refractivity contribution is 5.34. The highest BCUT2D eigenvalue weighted by atomic mass is 19.1. The Kier molecular flexibility index (Phi) is 8.95. The molecular formula is C15H24FNO3. The summed E-state index contributed by atoms with van der Waals surface area (Å²) in [6.07, 6.45) is 0.849. The Hall–Kier alpha value is -1.17. The number of hydrogen-bond acceptors (Lipinski definition) is 4. The van der Waals surface area contributed by atoms with E-state index >= 15 is 0 Å². The van der Waals surface area contributed by atoms with Gasteiger partial charge in [-0.15, -0.1) is 0 Å². The van der Waals surface area contributed by atoms with Crippen molar-refractivity contribution in [2.75, 3.05) is 40.1 Å². The quantitative estimate of drug-likeness (QED) is 0.634.